The number of aryl methyl sites for hydroxylation is 1. The van der Waals surface area contributed by atoms with Crippen molar-refractivity contribution < 1.29 is 19.2 Å². The Balaban J connectivity index is 1.65. The second kappa shape index (κ2) is 6.31. The molecule has 0 saturated heterocycles. The zero-order valence-electron chi connectivity index (χ0n) is 12.4. The van der Waals surface area contributed by atoms with E-state index in [1.165, 1.54) is 6.07 Å². The number of pyridine rings is 1. The number of hydrogen-bond donors (Lipinski definition) is 1. The van der Waals surface area contributed by atoms with Gasteiger partial charge in [0.1, 0.15) is 6.61 Å². The summed E-state index contributed by atoms with van der Waals surface area (Å²) in [6.07, 6.45) is 1.84. The van der Waals surface area contributed by atoms with E-state index in [4.69, 9.17) is 9.84 Å². The highest BCUT2D eigenvalue weighted by atomic mass is 16.5. The number of carbonyl (C=O) groups is 1. The maximum atomic E-state index is 10.7. The van der Waals surface area contributed by atoms with Crippen molar-refractivity contribution in [2.75, 3.05) is 0 Å². The molecular formula is C17H14N2O4. The minimum absolute atomic E-state index is 0.147. The number of rotatable bonds is 5. The molecule has 0 radical (unpaired) electrons. The number of carboxylic acid groups (broad SMARTS) is 1. The SMILES string of the molecule is Cc1ccc(-c2ccc(COc3cc(C(=O)O)on3)cc2)cn1. The molecule has 0 atom stereocenters. The van der Waals surface area contributed by atoms with Gasteiger partial charge < -0.3 is 14.4 Å². The van der Waals surface area contributed by atoms with Gasteiger partial charge in [0, 0.05) is 17.5 Å². The molecule has 116 valence electrons. The van der Waals surface area contributed by atoms with Gasteiger partial charge in [0.05, 0.1) is 6.07 Å². The highest BCUT2D eigenvalue weighted by molar-refractivity contribution is 5.84. The molecule has 0 bridgehead atoms. The van der Waals surface area contributed by atoms with Gasteiger partial charge in [0.2, 0.25) is 5.76 Å². The molecule has 0 saturated carbocycles. The molecule has 0 fully saturated rings. The summed E-state index contributed by atoms with van der Waals surface area (Å²) < 4.78 is 10.0. The average molecular weight is 310 g/mol. The fourth-order valence-electron chi connectivity index (χ4n) is 2.02. The number of aromatic carboxylic acids is 1. The average Bonchev–Trinajstić information content (AvgIpc) is 3.04. The predicted octanol–water partition coefficient (Wildman–Crippen LogP) is 3.32. The van der Waals surface area contributed by atoms with Crippen LogP contribution in [0.25, 0.3) is 11.1 Å². The molecule has 0 aliphatic carbocycles. The first kappa shape index (κ1) is 14.8. The van der Waals surface area contributed by atoms with Crippen LogP contribution >= 0.6 is 0 Å². The first-order chi connectivity index (χ1) is 11.1. The van der Waals surface area contributed by atoms with Crippen molar-refractivity contribution in [2.24, 2.45) is 0 Å². The lowest BCUT2D eigenvalue weighted by molar-refractivity contribution is 0.0651. The van der Waals surface area contributed by atoms with Crippen LogP contribution in [0.15, 0.2) is 53.2 Å². The summed E-state index contributed by atoms with van der Waals surface area (Å²) in [6.45, 7) is 2.22. The summed E-state index contributed by atoms with van der Waals surface area (Å²) in [5.41, 5.74) is 4.03. The zero-order chi connectivity index (χ0) is 16.2. The summed E-state index contributed by atoms with van der Waals surface area (Å²) in [4.78, 5) is 15.0. The van der Waals surface area contributed by atoms with Gasteiger partial charge >= 0.3 is 5.97 Å². The zero-order valence-corrected chi connectivity index (χ0v) is 12.4. The van der Waals surface area contributed by atoms with Gasteiger partial charge in [-0.1, -0.05) is 30.3 Å². The molecule has 6 nitrogen and oxygen atoms in total. The molecule has 2 heterocycles. The van der Waals surface area contributed by atoms with Crippen molar-refractivity contribution in [3.05, 3.63) is 65.7 Å². The molecular weight excluding hydrogens is 296 g/mol. The minimum atomic E-state index is -1.18. The first-order valence-corrected chi connectivity index (χ1v) is 6.96. The Labute approximate surface area is 132 Å². The van der Waals surface area contributed by atoms with Crippen LogP contribution in [0.5, 0.6) is 5.88 Å². The van der Waals surface area contributed by atoms with Crippen molar-refractivity contribution in [2.45, 2.75) is 13.5 Å². The van der Waals surface area contributed by atoms with E-state index in [1.807, 2.05) is 49.5 Å². The maximum absolute atomic E-state index is 10.7. The van der Waals surface area contributed by atoms with Crippen LogP contribution in [0.1, 0.15) is 21.8 Å². The number of nitrogens with zero attached hydrogens (tertiary/aromatic N) is 2. The number of benzene rings is 1. The van der Waals surface area contributed by atoms with Crippen molar-refractivity contribution in [1.29, 1.82) is 0 Å². The van der Waals surface area contributed by atoms with E-state index in [2.05, 4.69) is 14.7 Å². The van der Waals surface area contributed by atoms with Crippen LogP contribution in [-0.4, -0.2) is 21.2 Å². The smallest absolute Gasteiger partial charge is 0.374 e. The topological polar surface area (TPSA) is 85.5 Å². The fourth-order valence-corrected chi connectivity index (χ4v) is 2.02. The Kier molecular flexibility index (Phi) is 4.05. The number of aromatic nitrogens is 2. The Morgan fingerprint density at radius 3 is 2.52 bits per heavy atom. The Bertz CT molecular complexity index is 807. The summed E-state index contributed by atoms with van der Waals surface area (Å²) in [6, 6.07) is 13.1. The van der Waals surface area contributed by atoms with E-state index in [0.717, 1.165) is 22.4 Å². The monoisotopic (exact) mass is 310 g/mol. The molecule has 0 unspecified atom stereocenters. The molecule has 0 aliphatic rings. The highest BCUT2D eigenvalue weighted by Crippen LogP contribution is 2.20. The summed E-state index contributed by atoms with van der Waals surface area (Å²) in [5.74, 6) is -1.28. The van der Waals surface area contributed by atoms with Gasteiger partial charge in [0.15, 0.2) is 0 Å². The van der Waals surface area contributed by atoms with E-state index < -0.39 is 5.97 Å². The third-order valence-electron chi connectivity index (χ3n) is 3.28. The molecule has 1 N–H and O–H groups in total. The third-order valence-corrected chi connectivity index (χ3v) is 3.28. The standard InChI is InChI=1S/C17H14N2O4/c1-11-2-5-14(9-18-11)13-6-3-12(4-7-13)10-22-16-8-15(17(20)21)23-19-16/h2-9H,10H2,1H3,(H,20,21). The molecule has 0 amide bonds. The normalized spacial score (nSPS) is 10.5. The second-order valence-corrected chi connectivity index (χ2v) is 5.01. The van der Waals surface area contributed by atoms with Crippen LogP contribution in [-0.2, 0) is 6.61 Å². The van der Waals surface area contributed by atoms with Gasteiger partial charge in [-0.3, -0.25) is 4.98 Å². The molecule has 23 heavy (non-hydrogen) atoms. The second-order valence-electron chi connectivity index (χ2n) is 5.01. The lowest BCUT2D eigenvalue weighted by atomic mass is 10.1. The highest BCUT2D eigenvalue weighted by Gasteiger charge is 2.11. The van der Waals surface area contributed by atoms with Crippen LogP contribution in [0, 0.1) is 6.92 Å². The Morgan fingerprint density at radius 1 is 1.17 bits per heavy atom. The van der Waals surface area contributed by atoms with Gasteiger partial charge in [-0.25, -0.2) is 4.79 Å². The van der Waals surface area contributed by atoms with Crippen LogP contribution in [0.2, 0.25) is 0 Å². The van der Waals surface area contributed by atoms with E-state index in [0.29, 0.717) is 0 Å². The lowest BCUT2D eigenvalue weighted by Crippen LogP contribution is -1.95. The molecule has 2 aromatic heterocycles. The molecule has 3 aromatic rings. The van der Waals surface area contributed by atoms with Gasteiger partial charge in [-0.2, -0.15) is 0 Å². The van der Waals surface area contributed by atoms with Crippen LogP contribution < -0.4 is 4.74 Å². The van der Waals surface area contributed by atoms with Gasteiger partial charge in [-0.05, 0) is 29.3 Å². The molecule has 3 rings (SSSR count). The molecule has 1 aromatic carbocycles. The predicted molar refractivity (Wildman–Crippen MR) is 82.2 cm³/mol. The summed E-state index contributed by atoms with van der Waals surface area (Å²) in [5, 5.41) is 12.3. The number of ether oxygens (including phenoxy) is 1. The third kappa shape index (κ3) is 3.55. The van der Waals surface area contributed by atoms with Crippen LogP contribution in [0.3, 0.4) is 0 Å². The Morgan fingerprint density at radius 2 is 1.91 bits per heavy atom. The quantitative estimate of drug-likeness (QED) is 0.778. The van der Waals surface area contributed by atoms with E-state index in [9.17, 15) is 4.79 Å². The van der Waals surface area contributed by atoms with E-state index in [-0.39, 0.29) is 18.2 Å². The van der Waals surface area contributed by atoms with Crippen molar-refractivity contribution in [3.63, 3.8) is 0 Å². The van der Waals surface area contributed by atoms with Crippen molar-refractivity contribution in [1.82, 2.24) is 10.1 Å². The molecule has 0 spiro atoms. The summed E-state index contributed by atoms with van der Waals surface area (Å²) >= 11 is 0. The number of carboxylic acids is 1. The molecule has 0 aliphatic heterocycles. The summed E-state index contributed by atoms with van der Waals surface area (Å²) in [7, 11) is 0. The van der Waals surface area contributed by atoms with Crippen LogP contribution in [0.4, 0.5) is 0 Å². The van der Waals surface area contributed by atoms with Crippen molar-refractivity contribution >= 4 is 5.97 Å². The van der Waals surface area contributed by atoms with Gasteiger partial charge in [-0.15, -0.1) is 0 Å². The first-order valence-electron chi connectivity index (χ1n) is 6.96. The molecule has 6 heteroatoms. The van der Waals surface area contributed by atoms with Gasteiger partial charge in [0.25, 0.3) is 5.88 Å². The minimum Gasteiger partial charge on any atom is -0.475 e. The lowest BCUT2D eigenvalue weighted by Gasteiger charge is -2.05. The fraction of sp³-hybridized carbons (Fsp3) is 0.118. The largest absolute Gasteiger partial charge is 0.475 e. The Hall–Kier alpha value is -3.15. The number of hydrogen-bond acceptors (Lipinski definition) is 5. The van der Waals surface area contributed by atoms with Crippen molar-refractivity contribution in [3.8, 4) is 17.0 Å². The van der Waals surface area contributed by atoms with E-state index >= 15 is 0 Å². The van der Waals surface area contributed by atoms with E-state index in [1.54, 1.807) is 0 Å². The maximum Gasteiger partial charge on any atom is 0.374 e.